The van der Waals surface area contributed by atoms with E-state index in [1.807, 2.05) is 20.8 Å². The number of nitrogens with zero attached hydrogens (tertiary/aromatic N) is 4. The molecule has 1 atom stereocenters. The molecule has 1 rings (SSSR count). The quantitative estimate of drug-likeness (QED) is 0.670. The van der Waals surface area contributed by atoms with Gasteiger partial charge in [0.1, 0.15) is 0 Å². The van der Waals surface area contributed by atoms with E-state index >= 15 is 0 Å². The third-order valence-electron chi connectivity index (χ3n) is 1.51. The molecule has 0 aliphatic rings. The van der Waals surface area contributed by atoms with E-state index in [1.165, 1.54) is 4.80 Å². The molecule has 0 aliphatic carbocycles. The zero-order chi connectivity index (χ0) is 10.9. The number of hydrogen-bond donors (Lipinski definition) is 2. The van der Waals surface area contributed by atoms with Crippen LogP contribution in [0.4, 0.5) is 0 Å². The Morgan fingerprint density at radius 1 is 1.50 bits per heavy atom. The predicted molar refractivity (Wildman–Crippen MR) is 45.4 cm³/mol. The number of aromatic nitrogens is 4. The lowest BCUT2D eigenvalue weighted by molar-refractivity contribution is -0.147. The fraction of sp³-hybridized carbons (Fsp3) is 0.714. The molecule has 0 bridgehead atoms. The summed E-state index contributed by atoms with van der Waals surface area (Å²) >= 11 is 0. The molecule has 0 aliphatic heterocycles. The summed E-state index contributed by atoms with van der Waals surface area (Å²) in [5.74, 6) is -1.59. The average Bonchev–Trinajstić information content (AvgIpc) is 2.49. The smallest absolute Gasteiger partial charge is 0.340 e. The van der Waals surface area contributed by atoms with Crippen LogP contribution in [-0.2, 0) is 10.3 Å². The van der Waals surface area contributed by atoms with Crippen molar-refractivity contribution in [2.45, 2.75) is 32.4 Å². The summed E-state index contributed by atoms with van der Waals surface area (Å²) in [5.41, 5.74) is -0.385. The number of tetrazole rings is 1. The molecule has 0 saturated heterocycles. The number of rotatable bonds is 2. The van der Waals surface area contributed by atoms with Crippen LogP contribution < -0.4 is 0 Å². The molecule has 2 N–H and O–H groups in total. The van der Waals surface area contributed by atoms with Gasteiger partial charge in [0.15, 0.2) is 0 Å². The molecule has 1 aromatic rings. The van der Waals surface area contributed by atoms with E-state index in [-0.39, 0.29) is 11.4 Å². The van der Waals surface area contributed by atoms with Crippen LogP contribution in [0.25, 0.3) is 0 Å². The number of hydrogen-bond acceptors (Lipinski definition) is 5. The van der Waals surface area contributed by atoms with Gasteiger partial charge in [-0.3, -0.25) is 0 Å². The van der Waals surface area contributed by atoms with Gasteiger partial charge in [0.25, 0.3) is 0 Å². The van der Waals surface area contributed by atoms with Crippen LogP contribution in [0.2, 0.25) is 0 Å². The second kappa shape index (κ2) is 3.33. The largest absolute Gasteiger partial charge is 0.479 e. The molecule has 0 spiro atoms. The molecule has 1 aromatic heterocycles. The van der Waals surface area contributed by atoms with Crippen LogP contribution >= 0.6 is 0 Å². The molecule has 0 fully saturated rings. The van der Waals surface area contributed by atoms with Crippen LogP contribution in [0, 0.1) is 0 Å². The van der Waals surface area contributed by atoms with E-state index in [1.54, 1.807) is 0 Å². The molecule has 14 heavy (non-hydrogen) atoms. The maximum Gasteiger partial charge on any atom is 0.340 e. The molecule has 78 valence electrons. The first-order valence-corrected chi connectivity index (χ1v) is 4.03. The molecular formula is C7H12N4O3. The number of carbonyl (C=O) groups is 1. The van der Waals surface area contributed by atoms with Crippen molar-refractivity contribution in [3.8, 4) is 0 Å². The molecule has 7 heteroatoms. The molecule has 7 nitrogen and oxygen atoms in total. The predicted octanol–water partition coefficient (Wildman–Crippen LogP) is -0.454. The first-order valence-electron chi connectivity index (χ1n) is 4.03. The summed E-state index contributed by atoms with van der Waals surface area (Å²) in [6.07, 6.45) is -1.72. The van der Waals surface area contributed by atoms with Crippen LogP contribution in [-0.4, -0.2) is 36.4 Å². The molecule has 0 amide bonds. The average molecular weight is 200 g/mol. The lowest BCUT2D eigenvalue weighted by Crippen LogP contribution is -2.25. The molecule has 0 aromatic carbocycles. The minimum Gasteiger partial charge on any atom is -0.479 e. The Morgan fingerprint density at radius 2 is 2.07 bits per heavy atom. The SMILES string of the molecule is CC(C)(C)n1nnc(C(O)C(=O)O)n1. The topological polar surface area (TPSA) is 101 Å². The van der Waals surface area contributed by atoms with Crippen molar-refractivity contribution in [1.29, 1.82) is 0 Å². The second-order valence-corrected chi connectivity index (χ2v) is 3.85. The van der Waals surface area contributed by atoms with E-state index < -0.39 is 12.1 Å². The third kappa shape index (κ3) is 2.05. The summed E-state index contributed by atoms with van der Waals surface area (Å²) in [7, 11) is 0. The molecule has 1 heterocycles. The highest BCUT2D eigenvalue weighted by atomic mass is 16.4. The standard InChI is InChI=1S/C7H12N4O3/c1-7(2,3)11-9-5(8-10-11)4(12)6(13)14/h4,12H,1-3H3,(H,13,14). The zero-order valence-electron chi connectivity index (χ0n) is 8.17. The van der Waals surface area contributed by atoms with Crippen LogP contribution in [0.5, 0.6) is 0 Å². The fourth-order valence-electron chi connectivity index (χ4n) is 0.729. The number of carboxylic acid groups (broad SMARTS) is 1. The minimum atomic E-state index is -1.72. The Bertz CT molecular complexity index is 341. The maximum atomic E-state index is 10.4. The van der Waals surface area contributed by atoms with E-state index in [2.05, 4.69) is 15.4 Å². The van der Waals surface area contributed by atoms with E-state index in [4.69, 9.17) is 10.2 Å². The van der Waals surface area contributed by atoms with Crippen molar-refractivity contribution in [2.24, 2.45) is 0 Å². The number of aliphatic carboxylic acids is 1. The van der Waals surface area contributed by atoms with Crippen LogP contribution in [0.3, 0.4) is 0 Å². The lowest BCUT2D eigenvalue weighted by atomic mass is 10.1. The van der Waals surface area contributed by atoms with Gasteiger partial charge < -0.3 is 10.2 Å². The summed E-state index contributed by atoms with van der Waals surface area (Å²) in [6.45, 7) is 5.52. The van der Waals surface area contributed by atoms with Gasteiger partial charge in [0, 0.05) is 0 Å². The molecule has 1 unspecified atom stereocenters. The summed E-state index contributed by atoms with van der Waals surface area (Å²) in [6, 6.07) is 0. The first-order chi connectivity index (χ1) is 6.32. The van der Waals surface area contributed by atoms with E-state index in [9.17, 15) is 4.79 Å². The van der Waals surface area contributed by atoms with Gasteiger partial charge in [-0.25, -0.2) is 4.79 Å². The van der Waals surface area contributed by atoms with Crippen molar-refractivity contribution in [2.75, 3.05) is 0 Å². The fourth-order valence-corrected chi connectivity index (χ4v) is 0.729. The van der Waals surface area contributed by atoms with Gasteiger partial charge >= 0.3 is 5.97 Å². The molecular weight excluding hydrogens is 188 g/mol. The normalized spacial score (nSPS) is 14.0. The molecule has 0 radical (unpaired) electrons. The zero-order valence-corrected chi connectivity index (χ0v) is 8.17. The summed E-state index contributed by atoms with van der Waals surface area (Å²) < 4.78 is 0. The van der Waals surface area contributed by atoms with Gasteiger partial charge in [0.05, 0.1) is 5.54 Å². The summed E-state index contributed by atoms with van der Waals surface area (Å²) in [4.78, 5) is 11.7. The van der Waals surface area contributed by atoms with Gasteiger partial charge in [-0.1, -0.05) is 0 Å². The third-order valence-corrected chi connectivity index (χ3v) is 1.51. The van der Waals surface area contributed by atoms with Crippen LogP contribution in [0.15, 0.2) is 0 Å². The van der Waals surface area contributed by atoms with Gasteiger partial charge in [-0.05, 0) is 26.0 Å². The van der Waals surface area contributed by atoms with Crippen molar-refractivity contribution in [3.05, 3.63) is 5.82 Å². The van der Waals surface area contributed by atoms with E-state index in [0.29, 0.717) is 0 Å². The Morgan fingerprint density at radius 3 is 2.43 bits per heavy atom. The summed E-state index contributed by atoms with van der Waals surface area (Å²) in [5, 5.41) is 28.4. The highest BCUT2D eigenvalue weighted by Crippen LogP contribution is 2.12. The molecule has 0 saturated carbocycles. The first kappa shape index (κ1) is 10.6. The van der Waals surface area contributed by atoms with Crippen molar-refractivity contribution in [3.63, 3.8) is 0 Å². The lowest BCUT2D eigenvalue weighted by Gasteiger charge is -2.15. The minimum absolute atomic E-state index is 0.201. The Labute approximate surface area is 80.4 Å². The number of aliphatic hydroxyl groups excluding tert-OH is 1. The number of carboxylic acids is 1. The Balaban J connectivity index is 2.94. The van der Waals surface area contributed by atoms with Crippen LogP contribution in [0.1, 0.15) is 32.7 Å². The number of aliphatic hydroxyl groups is 1. The Kier molecular flexibility index (Phi) is 2.52. The van der Waals surface area contributed by atoms with Crippen molar-refractivity contribution in [1.82, 2.24) is 20.2 Å². The van der Waals surface area contributed by atoms with E-state index in [0.717, 1.165) is 0 Å². The van der Waals surface area contributed by atoms with Gasteiger partial charge in [-0.2, -0.15) is 4.80 Å². The maximum absolute atomic E-state index is 10.4. The van der Waals surface area contributed by atoms with Gasteiger partial charge in [-0.15, -0.1) is 10.2 Å². The highest BCUT2D eigenvalue weighted by molar-refractivity contribution is 5.72. The van der Waals surface area contributed by atoms with Crippen molar-refractivity contribution >= 4 is 5.97 Å². The monoisotopic (exact) mass is 200 g/mol. The second-order valence-electron chi connectivity index (χ2n) is 3.85. The van der Waals surface area contributed by atoms with Crippen molar-refractivity contribution < 1.29 is 15.0 Å². The van der Waals surface area contributed by atoms with Gasteiger partial charge in [0.2, 0.25) is 11.9 Å². The highest BCUT2D eigenvalue weighted by Gasteiger charge is 2.24. The Hall–Kier alpha value is -1.50.